The summed E-state index contributed by atoms with van der Waals surface area (Å²) in [5.41, 5.74) is 0.808. The summed E-state index contributed by atoms with van der Waals surface area (Å²) in [4.78, 5) is 17.1. The summed E-state index contributed by atoms with van der Waals surface area (Å²) in [6.45, 7) is 2.11. The molecule has 0 aliphatic heterocycles. The molecule has 25 heavy (non-hydrogen) atoms. The molecule has 0 fully saturated rings. The summed E-state index contributed by atoms with van der Waals surface area (Å²) in [7, 11) is -3.83. The Bertz CT molecular complexity index is 878. The van der Waals surface area contributed by atoms with Crippen LogP contribution in [-0.2, 0) is 32.4 Å². The zero-order valence-electron chi connectivity index (χ0n) is 13.5. The maximum absolute atomic E-state index is 13.0. The number of aryl methyl sites for hydroxylation is 1. The van der Waals surface area contributed by atoms with Crippen molar-refractivity contribution in [2.75, 3.05) is 11.3 Å². The van der Waals surface area contributed by atoms with Crippen molar-refractivity contribution in [1.82, 2.24) is 4.98 Å². The molecule has 1 unspecified atom stereocenters. The van der Waals surface area contributed by atoms with Crippen LogP contribution in [0.4, 0.5) is 9.52 Å². The topological polar surface area (TPSA) is 85.4 Å². The van der Waals surface area contributed by atoms with E-state index in [1.807, 2.05) is 0 Å². The molecule has 1 heterocycles. The Hall–Kier alpha value is -2.00. The molecule has 9 heteroatoms. The maximum Gasteiger partial charge on any atom is 0.309 e. The fraction of sp³-hybridized carbons (Fsp3) is 0.375. The first-order valence-electron chi connectivity index (χ1n) is 7.82. The van der Waals surface area contributed by atoms with Crippen molar-refractivity contribution in [2.45, 2.75) is 31.1 Å². The van der Waals surface area contributed by atoms with E-state index in [0.717, 1.165) is 22.7 Å². The molecule has 1 aromatic carbocycles. The molecule has 0 saturated heterocycles. The minimum atomic E-state index is -3.83. The van der Waals surface area contributed by atoms with E-state index >= 15 is 0 Å². The number of benzene rings is 1. The van der Waals surface area contributed by atoms with E-state index in [0.29, 0.717) is 25.9 Å². The number of halogens is 1. The van der Waals surface area contributed by atoms with Gasteiger partial charge in [0.15, 0.2) is 5.13 Å². The molecule has 0 saturated carbocycles. The van der Waals surface area contributed by atoms with Crippen LogP contribution in [0.25, 0.3) is 0 Å². The standard InChI is InChI=1S/C16H17FN2O4S2/c1-2-23-15(20)10-3-8-13-14(9-10)24-16(18-13)19-25(21,22)12-6-4-11(17)5-7-12/h4-7,10H,2-3,8-9H2,1H3,(H,18,19). The van der Waals surface area contributed by atoms with Gasteiger partial charge in [0.25, 0.3) is 10.0 Å². The second-order valence-corrected chi connectivity index (χ2v) is 8.41. The average Bonchev–Trinajstić information content (AvgIpc) is 2.95. The van der Waals surface area contributed by atoms with E-state index < -0.39 is 15.8 Å². The largest absolute Gasteiger partial charge is 0.466 e. The number of ether oxygens (including phenoxy) is 1. The summed E-state index contributed by atoms with van der Waals surface area (Å²) < 4.78 is 45.1. The number of sulfonamides is 1. The quantitative estimate of drug-likeness (QED) is 0.801. The van der Waals surface area contributed by atoms with Crippen LogP contribution < -0.4 is 4.72 Å². The maximum atomic E-state index is 13.0. The third kappa shape index (κ3) is 3.98. The van der Waals surface area contributed by atoms with Crippen LogP contribution in [0, 0.1) is 11.7 Å². The van der Waals surface area contributed by atoms with Crippen molar-refractivity contribution in [3.63, 3.8) is 0 Å². The van der Waals surface area contributed by atoms with Crippen molar-refractivity contribution >= 4 is 32.5 Å². The fourth-order valence-electron chi connectivity index (χ4n) is 2.67. The number of esters is 1. The van der Waals surface area contributed by atoms with Gasteiger partial charge in [0.1, 0.15) is 5.82 Å². The minimum Gasteiger partial charge on any atom is -0.466 e. The van der Waals surface area contributed by atoms with Crippen LogP contribution in [0.15, 0.2) is 29.2 Å². The van der Waals surface area contributed by atoms with Crippen molar-refractivity contribution in [1.29, 1.82) is 0 Å². The first-order chi connectivity index (χ1) is 11.9. The van der Waals surface area contributed by atoms with E-state index in [-0.39, 0.29) is 21.9 Å². The molecule has 0 amide bonds. The van der Waals surface area contributed by atoms with E-state index in [9.17, 15) is 17.6 Å². The molecule has 1 aromatic heterocycles. The van der Waals surface area contributed by atoms with Gasteiger partial charge in [-0.15, -0.1) is 11.3 Å². The van der Waals surface area contributed by atoms with E-state index in [1.54, 1.807) is 6.92 Å². The second-order valence-electron chi connectivity index (χ2n) is 5.64. The molecule has 1 N–H and O–H groups in total. The third-order valence-electron chi connectivity index (χ3n) is 3.91. The van der Waals surface area contributed by atoms with Gasteiger partial charge in [-0.2, -0.15) is 0 Å². The molecule has 6 nitrogen and oxygen atoms in total. The number of hydrogen-bond acceptors (Lipinski definition) is 6. The highest BCUT2D eigenvalue weighted by molar-refractivity contribution is 7.93. The Labute approximate surface area is 149 Å². The molecular weight excluding hydrogens is 367 g/mol. The van der Waals surface area contributed by atoms with Crippen molar-refractivity contribution in [2.24, 2.45) is 5.92 Å². The lowest BCUT2D eigenvalue weighted by atomic mass is 9.91. The van der Waals surface area contributed by atoms with Crippen molar-refractivity contribution in [3.8, 4) is 0 Å². The van der Waals surface area contributed by atoms with Gasteiger partial charge >= 0.3 is 5.97 Å². The van der Waals surface area contributed by atoms with Crippen LogP contribution in [0.3, 0.4) is 0 Å². The third-order valence-corrected chi connectivity index (χ3v) is 6.42. The molecule has 0 spiro atoms. The molecule has 1 aliphatic rings. The zero-order valence-corrected chi connectivity index (χ0v) is 15.1. The number of thiazole rings is 1. The van der Waals surface area contributed by atoms with Gasteiger partial charge in [-0.1, -0.05) is 0 Å². The predicted molar refractivity (Wildman–Crippen MR) is 91.5 cm³/mol. The lowest BCUT2D eigenvalue weighted by molar-refractivity contribution is -0.148. The number of fused-ring (bicyclic) bond motifs is 1. The highest BCUT2D eigenvalue weighted by atomic mass is 32.2. The van der Waals surface area contributed by atoms with Crippen molar-refractivity contribution in [3.05, 3.63) is 40.7 Å². The van der Waals surface area contributed by atoms with Gasteiger partial charge in [-0.25, -0.2) is 17.8 Å². The number of anilines is 1. The van der Waals surface area contributed by atoms with Crippen LogP contribution in [-0.4, -0.2) is 26.0 Å². The molecule has 1 aliphatic carbocycles. The molecule has 2 aromatic rings. The first kappa shape index (κ1) is 17.8. The van der Waals surface area contributed by atoms with Gasteiger partial charge in [0, 0.05) is 4.88 Å². The summed E-state index contributed by atoms with van der Waals surface area (Å²) >= 11 is 1.22. The Morgan fingerprint density at radius 1 is 1.40 bits per heavy atom. The van der Waals surface area contributed by atoms with Gasteiger partial charge in [0.2, 0.25) is 0 Å². The number of carbonyl (C=O) groups is 1. The first-order valence-corrected chi connectivity index (χ1v) is 10.1. The Balaban J connectivity index is 1.76. The normalized spacial score (nSPS) is 17.0. The van der Waals surface area contributed by atoms with Crippen LogP contribution in [0.2, 0.25) is 0 Å². The summed E-state index contributed by atoms with van der Waals surface area (Å²) in [5, 5.41) is 0.249. The SMILES string of the molecule is CCOC(=O)C1CCc2nc(NS(=O)(=O)c3ccc(F)cc3)sc2C1. The fourth-order valence-corrected chi connectivity index (χ4v) is 4.99. The molecule has 0 bridgehead atoms. The molecular formula is C16H17FN2O4S2. The number of carbonyl (C=O) groups excluding carboxylic acids is 1. The van der Waals surface area contributed by atoms with Gasteiger partial charge in [-0.3, -0.25) is 9.52 Å². The van der Waals surface area contributed by atoms with Crippen molar-refractivity contribution < 1.29 is 22.3 Å². The van der Waals surface area contributed by atoms with Crippen LogP contribution >= 0.6 is 11.3 Å². The smallest absolute Gasteiger partial charge is 0.309 e. The van der Waals surface area contributed by atoms with Crippen LogP contribution in [0.1, 0.15) is 23.9 Å². The number of aromatic nitrogens is 1. The van der Waals surface area contributed by atoms with Gasteiger partial charge in [-0.05, 0) is 50.5 Å². The lowest BCUT2D eigenvalue weighted by Crippen LogP contribution is -2.24. The number of nitrogens with one attached hydrogen (secondary N) is 1. The minimum absolute atomic E-state index is 0.0357. The number of hydrogen-bond donors (Lipinski definition) is 1. The Kier molecular flexibility index (Phi) is 5.05. The molecule has 0 radical (unpaired) electrons. The lowest BCUT2D eigenvalue weighted by Gasteiger charge is -2.18. The van der Waals surface area contributed by atoms with E-state index in [1.165, 1.54) is 23.5 Å². The summed E-state index contributed by atoms with van der Waals surface area (Å²) in [5.74, 6) is -0.946. The Morgan fingerprint density at radius 3 is 2.80 bits per heavy atom. The summed E-state index contributed by atoms with van der Waals surface area (Å²) in [6, 6.07) is 4.57. The number of rotatable bonds is 5. The monoisotopic (exact) mass is 384 g/mol. The number of nitrogens with zero attached hydrogens (tertiary/aromatic N) is 1. The highest BCUT2D eigenvalue weighted by Gasteiger charge is 2.29. The van der Waals surface area contributed by atoms with E-state index in [2.05, 4.69) is 9.71 Å². The molecule has 134 valence electrons. The zero-order chi connectivity index (χ0) is 18.0. The predicted octanol–water partition coefficient (Wildman–Crippen LogP) is 2.75. The van der Waals surface area contributed by atoms with Crippen LogP contribution in [0.5, 0.6) is 0 Å². The van der Waals surface area contributed by atoms with E-state index in [4.69, 9.17) is 4.74 Å². The van der Waals surface area contributed by atoms with Gasteiger partial charge in [0.05, 0.1) is 23.1 Å². The van der Waals surface area contributed by atoms with Gasteiger partial charge < -0.3 is 4.74 Å². The second kappa shape index (κ2) is 7.09. The average molecular weight is 384 g/mol. The molecule has 1 atom stereocenters. The summed E-state index contributed by atoms with van der Waals surface area (Å²) in [6.07, 6.45) is 1.75. The highest BCUT2D eigenvalue weighted by Crippen LogP contribution is 2.33. The Morgan fingerprint density at radius 2 is 2.12 bits per heavy atom. The molecule has 3 rings (SSSR count).